The van der Waals surface area contributed by atoms with Crippen LogP contribution in [0.4, 0.5) is 0 Å². The molecule has 1 aromatic rings. The van der Waals surface area contributed by atoms with Crippen molar-refractivity contribution in [3.63, 3.8) is 0 Å². The molecule has 7 nitrogen and oxygen atoms in total. The van der Waals surface area contributed by atoms with Gasteiger partial charge in [-0.25, -0.2) is 4.79 Å². The van der Waals surface area contributed by atoms with E-state index in [1.165, 1.54) is 0 Å². The maximum atomic E-state index is 13.8. The molecule has 6 atom stereocenters. The smallest absolute Gasteiger partial charge is 0.338 e. The van der Waals surface area contributed by atoms with Crippen molar-refractivity contribution < 1.29 is 33.4 Å². The fourth-order valence-electron chi connectivity index (χ4n) is 7.25. The lowest BCUT2D eigenvalue weighted by Gasteiger charge is -2.59. The van der Waals surface area contributed by atoms with Gasteiger partial charge in [0.2, 0.25) is 0 Å². The van der Waals surface area contributed by atoms with Crippen molar-refractivity contribution in [1.29, 1.82) is 0 Å². The molecule has 5 rings (SSSR count). The molecule has 0 N–H and O–H groups in total. The number of hydrogen-bond donors (Lipinski definition) is 0. The van der Waals surface area contributed by atoms with Crippen LogP contribution in [0.3, 0.4) is 0 Å². The summed E-state index contributed by atoms with van der Waals surface area (Å²) in [4.78, 5) is 66.4. The number of ketones is 2. The van der Waals surface area contributed by atoms with Crippen LogP contribution < -0.4 is 0 Å². The highest BCUT2D eigenvalue weighted by atomic mass is 16.6. The fourth-order valence-corrected chi connectivity index (χ4v) is 7.25. The molecule has 3 aliphatic carbocycles. The van der Waals surface area contributed by atoms with Crippen molar-refractivity contribution in [3.05, 3.63) is 48.0 Å². The molecular formula is C27H28O7. The average Bonchev–Trinajstić information content (AvgIpc) is 2.94. The summed E-state index contributed by atoms with van der Waals surface area (Å²) in [6, 6.07) is 8.33. The van der Waals surface area contributed by atoms with E-state index in [9.17, 15) is 24.0 Å². The molecule has 2 unspecified atom stereocenters. The van der Waals surface area contributed by atoms with Crippen LogP contribution >= 0.6 is 0 Å². The number of cyclic esters (lactones) is 1. The van der Waals surface area contributed by atoms with Crippen LogP contribution in [0.25, 0.3) is 0 Å². The molecule has 4 fully saturated rings. The second-order valence-electron chi connectivity index (χ2n) is 10.8. The van der Waals surface area contributed by atoms with E-state index < -0.39 is 57.8 Å². The highest BCUT2D eigenvalue weighted by Gasteiger charge is 2.78. The molecule has 0 radical (unpaired) electrons. The van der Waals surface area contributed by atoms with Gasteiger partial charge in [-0.05, 0) is 42.4 Å². The lowest BCUT2D eigenvalue weighted by Crippen LogP contribution is -2.70. The van der Waals surface area contributed by atoms with Crippen LogP contribution in [0.2, 0.25) is 0 Å². The van der Waals surface area contributed by atoms with Crippen LogP contribution in [0.1, 0.15) is 49.9 Å². The normalized spacial score (nSPS) is 38.3. The van der Waals surface area contributed by atoms with E-state index in [-0.39, 0.29) is 29.9 Å². The molecule has 34 heavy (non-hydrogen) atoms. The van der Waals surface area contributed by atoms with Crippen LogP contribution in [0, 0.1) is 34.0 Å². The summed E-state index contributed by atoms with van der Waals surface area (Å²) >= 11 is 0. The Bertz CT molecular complexity index is 1120. The van der Waals surface area contributed by atoms with E-state index in [0.717, 1.165) is 6.29 Å². The SMILES string of the molecule is C=C1C(=O)C23C(=O)OCC4(C(=O)CCC(C)(C)[C@H]4C=O)[C@@H]2CC[C@@H]1[C@H]3OC(=O)c1ccccc1. The molecule has 0 aromatic heterocycles. The molecule has 178 valence electrons. The van der Waals surface area contributed by atoms with Crippen molar-refractivity contribution in [2.75, 3.05) is 6.61 Å². The number of fused-ring (bicyclic) bond motifs is 2. The van der Waals surface area contributed by atoms with E-state index in [1.807, 2.05) is 13.8 Å². The van der Waals surface area contributed by atoms with Crippen LogP contribution in [-0.4, -0.2) is 42.5 Å². The third kappa shape index (κ3) is 2.67. The summed E-state index contributed by atoms with van der Waals surface area (Å²) in [5, 5.41) is 0. The second-order valence-corrected chi connectivity index (χ2v) is 10.8. The summed E-state index contributed by atoms with van der Waals surface area (Å²) in [5.74, 6) is -4.23. The topological polar surface area (TPSA) is 104 Å². The lowest BCUT2D eigenvalue weighted by molar-refractivity contribution is -0.220. The van der Waals surface area contributed by atoms with E-state index in [1.54, 1.807) is 30.3 Å². The maximum Gasteiger partial charge on any atom is 0.338 e. The molecule has 1 saturated heterocycles. The van der Waals surface area contributed by atoms with Crippen LogP contribution in [0.15, 0.2) is 42.5 Å². The van der Waals surface area contributed by atoms with Gasteiger partial charge in [-0.1, -0.05) is 38.6 Å². The molecule has 7 heteroatoms. The summed E-state index contributed by atoms with van der Waals surface area (Å²) in [5.41, 5.74) is -3.22. The second kappa shape index (κ2) is 7.45. The monoisotopic (exact) mass is 464 g/mol. The Balaban J connectivity index is 1.66. The Morgan fingerprint density at radius 1 is 1.15 bits per heavy atom. The number of rotatable bonds is 3. The van der Waals surface area contributed by atoms with Crippen LogP contribution in [0.5, 0.6) is 0 Å². The van der Waals surface area contributed by atoms with Crippen molar-refractivity contribution >= 4 is 29.8 Å². The number of ether oxygens (including phenoxy) is 2. The summed E-state index contributed by atoms with van der Waals surface area (Å²) in [6.45, 7) is 7.56. The zero-order valence-electron chi connectivity index (χ0n) is 19.4. The number of benzene rings is 1. The molecule has 1 aliphatic heterocycles. The van der Waals surface area contributed by atoms with Gasteiger partial charge in [0.05, 0.1) is 11.0 Å². The first-order chi connectivity index (χ1) is 16.1. The number of carbonyl (C=O) groups is 5. The highest BCUT2D eigenvalue weighted by molar-refractivity contribution is 6.17. The standard InChI is InChI=1S/C27H28O7/c1-15-17-9-10-18-26(19(13-28)25(2,3)12-11-20(26)29)14-33-24(32)27(18,21(15)30)22(17)34-23(31)16-7-5-4-6-8-16/h4-8,13,17-19,22H,1,9-12,14H2,2-3H3/t17-,18-,19+,22+,26?,27?/m0/s1. The first kappa shape index (κ1) is 22.7. The maximum absolute atomic E-state index is 13.8. The minimum atomic E-state index is -1.87. The Hall–Kier alpha value is -3.09. The van der Waals surface area contributed by atoms with E-state index >= 15 is 0 Å². The minimum absolute atomic E-state index is 0.169. The molecular weight excluding hydrogens is 436 g/mol. The van der Waals surface area contributed by atoms with E-state index in [2.05, 4.69) is 6.58 Å². The molecule has 4 aliphatic rings. The number of hydrogen-bond acceptors (Lipinski definition) is 7. The highest BCUT2D eigenvalue weighted by Crippen LogP contribution is 2.67. The summed E-state index contributed by atoms with van der Waals surface area (Å²) in [6.07, 6.45) is 1.21. The van der Waals surface area contributed by atoms with Gasteiger partial charge in [-0.3, -0.25) is 14.4 Å². The first-order valence-corrected chi connectivity index (χ1v) is 11.8. The van der Waals surface area contributed by atoms with Gasteiger partial charge in [0.25, 0.3) is 0 Å². The van der Waals surface area contributed by atoms with Gasteiger partial charge in [0, 0.05) is 24.2 Å². The minimum Gasteiger partial charge on any atom is -0.464 e. The molecule has 1 heterocycles. The number of Topliss-reactive ketones (excluding diaryl/α,β-unsaturated/α-hetero) is 2. The third-order valence-electron chi connectivity index (χ3n) is 8.94. The summed E-state index contributed by atoms with van der Waals surface area (Å²) in [7, 11) is 0. The molecule has 2 bridgehead atoms. The largest absolute Gasteiger partial charge is 0.464 e. The fraction of sp³-hybridized carbons (Fsp3) is 0.519. The number of carbonyl (C=O) groups excluding carboxylic acids is 5. The van der Waals surface area contributed by atoms with Crippen molar-refractivity contribution in [2.24, 2.45) is 34.0 Å². The zero-order valence-corrected chi connectivity index (χ0v) is 19.4. The first-order valence-electron chi connectivity index (χ1n) is 11.8. The number of esters is 2. The zero-order chi connectivity index (χ0) is 24.5. The molecule has 0 amide bonds. The number of aldehydes is 1. The third-order valence-corrected chi connectivity index (χ3v) is 8.94. The molecule has 2 spiro atoms. The molecule has 3 saturated carbocycles. The van der Waals surface area contributed by atoms with E-state index in [4.69, 9.17) is 9.47 Å². The van der Waals surface area contributed by atoms with Crippen molar-refractivity contribution in [3.8, 4) is 0 Å². The van der Waals surface area contributed by atoms with Crippen molar-refractivity contribution in [1.82, 2.24) is 0 Å². The Kier molecular flexibility index (Phi) is 4.97. The van der Waals surface area contributed by atoms with Gasteiger partial charge >= 0.3 is 11.9 Å². The van der Waals surface area contributed by atoms with Gasteiger partial charge in [-0.2, -0.15) is 0 Å². The predicted molar refractivity (Wildman–Crippen MR) is 119 cm³/mol. The van der Waals surface area contributed by atoms with Gasteiger partial charge in [0.1, 0.15) is 24.8 Å². The van der Waals surface area contributed by atoms with Gasteiger partial charge in [0.15, 0.2) is 11.2 Å². The molecule has 1 aromatic carbocycles. The van der Waals surface area contributed by atoms with Gasteiger partial charge < -0.3 is 14.3 Å². The Morgan fingerprint density at radius 3 is 2.53 bits per heavy atom. The van der Waals surface area contributed by atoms with Gasteiger partial charge in [-0.15, -0.1) is 0 Å². The lowest BCUT2D eigenvalue weighted by atomic mass is 9.44. The Morgan fingerprint density at radius 2 is 1.85 bits per heavy atom. The Labute approximate surface area is 197 Å². The summed E-state index contributed by atoms with van der Waals surface area (Å²) < 4.78 is 11.5. The quantitative estimate of drug-likeness (QED) is 0.293. The van der Waals surface area contributed by atoms with Crippen molar-refractivity contribution in [2.45, 2.75) is 45.6 Å². The average molecular weight is 465 g/mol. The van der Waals surface area contributed by atoms with E-state index in [0.29, 0.717) is 19.3 Å². The van der Waals surface area contributed by atoms with Crippen LogP contribution in [-0.2, 0) is 28.7 Å². The predicted octanol–water partition coefficient (Wildman–Crippen LogP) is 3.11.